The second kappa shape index (κ2) is 7.99. The smallest absolute Gasteiger partial charge is 0.252 e. The Balaban J connectivity index is 1.54. The van der Waals surface area contributed by atoms with Crippen LogP contribution >= 0.6 is 11.3 Å². The molecule has 1 saturated heterocycles. The molecule has 0 bridgehead atoms. The molecule has 25 heavy (non-hydrogen) atoms. The van der Waals surface area contributed by atoms with Gasteiger partial charge in [0.1, 0.15) is 10.0 Å². The van der Waals surface area contributed by atoms with E-state index in [1.807, 2.05) is 25.4 Å². The molecule has 0 N–H and O–H groups in total. The van der Waals surface area contributed by atoms with Crippen molar-refractivity contribution in [1.29, 1.82) is 0 Å². The summed E-state index contributed by atoms with van der Waals surface area (Å²) in [5.41, 5.74) is 0. The van der Waals surface area contributed by atoms with E-state index in [0.717, 1.165) is 49.7 Å². The van der Waals surface area contributed by atoms with Crippen molar-refractivity contribution in [2.75, 3.05) is 32.7 Å². The number of sulfonamides is 1. The molecule has 0 atom stereocenters. The van der Waals surface area contributed by atoms with Crippen LogP contribution in [0.25, 0.3) is 0 Å². The van der Waals surface area contributed by atoms with E-state index in [1.54, 1.807) is 10.4 Å². The van der Waals surface area contributed by atoms with Gasteiger partial charge in [-0.05, 0) is 18.6 Å². The molecule has 0 aromatic carbocycles. The van der Waals surface area contributed by atoms with Crippen molar-refractivity contribution < 1.29 is 8.42 Å². The van der Waals surface area contributed by atoms with Gasteiger partial charge >= 0.3 is 0 Å². The van der Waals surface area contributed by atoms with Crippen LogP contribution in [0.4, 0.5) is 0 Å². The van der Waals surface area contributed by atoms with Crippen LogP contribution in [0, 0.1) is 0 Å². The van der Waals surface area contributed by atoms with Crippen molar-refractivity contribution in [2.24, 2.45) is 0 Å². The average Bonchev–Trinajstić information content (AvgIpc) is 3.29. The van der Waals surface area contributed by atoms with Gasteiger partial charge in [-0.1, -0.05) is 13.8 Å². The minimum Gasteiger partial charge on any atom is -0.334 e. The van der Waals surface area contributed by atoms with Gasteiger partial charge in [0, 0.05) is 63.0 Å². The van der Waals surface area contributed by atoms with Crippen LogP contribution in [0.15, 0.2) is 28.7 Å². The number of hydrogen-bond donors (Lipinski definition) is 0. The molecule has 8 heteroatoms. The molecule has 0 unspecified atom stereocenters. The van der Waals surface area contributed by atoms with Crippen molar-refractivity contribution in [3.63, 3.8) is 0 Å². The number of nitrogens with zero attached hydrogens (tertiary/aromatic N) is 4. The zero-order chi connectivity index (χ0) is 17.9. The van der Waals surface area contributed by atoms with Gasteiger partial charge in [-0.15, -0.1) is 11.3 Å². The summed E-state index contributed by atoms with van der Waals surface area (Å²) >= 11 is 1.39. The molecule has 2 aromatic rings. The quantitative estimate of drug-likeness (QED) is 0.736. The lowest BCUT2D eigenvalue weighted by Gasteiger charge is -2.33. The highest BCUT2D eigenvalue weighted by Crippen LogP contribution is 2.26. The van der Waals surface area contributed by atoms with E-state index in [1.165, 1.54) is 11.3 Å². The first-order valence-electron chi connectivity index (χ1n) is 8.85. The van der Waals surface area contributed by atoms with E-state index in [9.17, 15) is 8.42 Å². The number of hydrogen-bond acceptors (Lipinski definition) is 5. The van der Waals surface area contributed by atoms with Crippen LogP contribution in [0.2, 0.25) is 0 Å². The van der Waals surface area contributed by atoms with Crippen LogP contribution in [0.1, 0.15) is 24.5 Å². The van der Waals surface area contributed by atoms with E-state index in [-0.39, 0.29) is 0 Å². The summed E-state index contributed by atoms with van der Waals surface area (Å²) in [6.07, 6.45) is 5.66. The maximum Gasteiger partial charge on any atom is 0.252 e. The highest BCUT2D eigenvalue weighted by Gasteiger charge is 2.29. The monoisotopic (exact) mass is 382 g/mol. The van der Waals surface area contributed by atoms with Gasteiger partial charge in [0.05, 0.1) is 0 Å². The molecule has 1 aliphatic rings. The average molecular weight is 383 g/mol. The van der Waals surface area contributed by atoms with Crippen molar-refractivity contribution >= 4 is 21.4 Å². The molecule has 2 aromatic heterocycles. The SMILES string of the molecule is CCc1ccc(S(=O)(=O)N2CCN(CCn3ccnc3CC)CC2)s1. The normalized spacial score (nSPS) is 17.2. The molecule has 6 nitrogen and oxygen atoms in total. The van der Waals surface area contributed by atoms with E-state index < -0.39 is 10.0 Å². The summed E-state index contributed by atoms with van der Waals surface area (Å²) in [5, 5.41) is 0. The fourth-order valence-electron chi connectivity index (χ4n) is 3.11. The van der Waals surface area contributed by atoms with Gasteiger partial charge in [-0.3, -0.25) is 4.90 Å². The standard InChI is InChI=1S/C17H26N4O2S2/c1-3-15-5-6-17(24-15)25(22,23)21-13-10-19(11-14-21)9-12-20-8-7-18-16(20)4-2/h5-8H,3-4,9-14H2,1-2H3. The second-order valence-corrected chi connectivity index (χ2v) is 9.54. The molecule has 1 fully saturated rings. The summed E-state index contributed by atoms with van der Waals surface area (Å²) in [6.45, 7) is 8.67. The third kappa shape index (κ3) is 4.13. The van der Waals surface area contributed by atoms with Crippen molar-refractivity contribution in [2.45, 2.75) is 37.4 Å². The fraction of sp³-hybridized carbons (Fsp3) is 0.588. The predicted octanol–water partition coefficient (Wildman–Crippen LogP) is 2.08. The Bertz CT molecular complexity index is 789. The Kier molecular flexibility index (Phi) is 5.93. The second-order valence-electron chi connectivity index (χ2n) is 6.21. The molecule has 3 heterocycles. The lowest BCUT2D eigenvalue weighted by Crippen LogP contribution is -2.49. The first kappa shape index (κ1) is 18.6. The highest BCUT2D eigenvalue weighted by molar-refractivity contribution is 7.91. The Labute approximate surface area is 154 Å². The van der Waals surface area contributed by atoms with Gasteiger partial charge < -0.3 is 4.57 Å². The van der Waals surface area contributed by atoms with Gasteiger partial charge in [0.15, 0.2) is 0 Å². The summed E-state index contributed by atoms with van der Waals surface area (Å²) in [7, 11) is -3.33. The first-order chi connectivity index (χ1) is 12.0. The Hall–Kier alpha value is -1.22. The van der Waals surface area contributed by atoms with Gasteiger partial charge in [0.25, 0.3) is 10.0 Å². The minimum atomic E-state index is -3.33. The number of thiophene rings is 1. The number of rotatable bonds is 7. The minimum absolute atomic E-state index is 0.476. The molecule has 0 radical (unpaired) electrons. The number of aryl methyl sites for hydroxylation is 2. The maximum atomic E-state index is 12.8. The fourth-order valence-corrected chi connectivity index (χ4v) is 5.99. The Morgan fingerprint density at radius 2 is 1.84 bits per heavy atom. The predicted molar refractivity (Wildman–Crippen MR) is 101 cm³/mol. The van der Waals surface area contributed by atoms with Crippen molar-refractivity contribution in [3.05, 3.63) is 35.2 Å². The van der Waals surface area contributed by atoms with Crippen LogP contribution in [0.5, 0.6) is 0 Å². The Morgan fingerprint density at radius 1 is 1.08 bits per heavy atom. The molecule has 0 saturated carbocycles. The molecule has 0 amide bonds. The summed E-state index contributed by atoms with van der Waals surface area (Å²) < 4.78 is 29.8. The third-order valence-electron chi connectivity index (χ3n) is 4.69. The molecular formula is C17H26N4O2S2. The van der Waals surface area contributed by atoms with Gasteiger partial charge in [-0.25, -0.2) is 13.4 Å². The zero-order valence-corrected chi connectivity index (χ0v) is 16.5. The van der Waals surface area contributed by atoms with Crippen LogP contribution in [-0.2, 0) is 29.4 Å². The lowest BCUT2D eigenvalue weighted by atomic mass is 10.3. The molecule has 0 spiro atoms. The van der Waals surface area contributed by atoms with E-state index >= 15 is 0 Å². The summed E-state index contributed by atoms with van der Waals surface area (Å²) in [5.74, 6) is 1.10. The summed E-state index contributed by atoms with van der Waals surface area (Å²) in [6, 6.07) is 3.67. The Morgan fingerprint density at radius 3 is 2.48 bits per heavy atom. The lowest BCUT2D eigenvalue weighted by molar-refractivity contribution is 0.182. The first-order valence-corrected chi connectivity index (χ1v) is 11.1. The molecular weight excluding hydrogens is 356 g/mol. The van der Waals surface area contributed by atoms with E-state index in [4.69, 9.17) is 0 Å². The maximum absolute atomic E-state index is 12.8. The largest absolute Gasteiger partial charge is 0.334 e. The number of imidazole rings is 1. The molecule has 3 rings (SSSR count). The number of piperazine rings is 1. The topological polar surface area (TPSA) is 58.4 Å². The molecule has 1 aliphatic heterocycles. The van der Waals surface area contributed by atoms with Crippen molar-refractivity contribution in [3.8, 4) is 0 Å². The molecule has 0 aliphatic carbocycles. The highest BCUT2D eigenvalue weighted by atomic mass is 32.2. The molecule has 138 valence electrons. The zero-order valence-electron chi connectivity index (χ0n) is 14.9. The number of aromatic nitrogens is 2. The summed E-state index contributed by atoms with van der Waals surface area (Å²) in [4.78, 5) is 7.79. The third-order valence-corrected chi connectivity index (χ3v) is 8.28. The van der Waals surface area contributed by atoms with Gasteiger partial charge in [0.2, 0.25) is 0 Å². The van der Waals surface area contributed by atoms with E-state index in [2.05, 4.69) is 21.4 Å². The van der Waals surface area contributed by atoms with Crippen LogP contribution < -0.4 is 0 Å². The van der Waals surface area contributed by atoms with E-state index in [0.29, 0.717) is 17.3 Å². The van der Waals surface area contributed by atoms with Gasteiger partial charge in [-0.2, -0.15) is 4.31 Å². The van der Waals surface area contributed by atoms with Crippen molar-refractivity contribution in [1.82, 2.24) is 18.8 Å². The van der Waals surface area contributed by atoms with Crippen LogP contribution in [-0.4, -0.2) is 59.9 Å². The van der Waals surface area contributed by atoms with Crippen LogP contribution in [0.3, 0.4) is 0 Å².